The Morgan fingerprint density at radius 2 is 2.00 bits per heavy atom. The van der Waals surface area contributed by atoms with Gasteiger partial charge < -0.3 is 19.7 Å². The van der Waals surface area contributed by atoms with E-state index in [1.165, 1.54) is 11.5 Å². The van der Waals surface area contributed by atoms with Crippen LogP contribution in [0.3, 0.4) is 0 Å². The molecule has 0 saturated carbocycles. The molecule has 0 atom stereocenters. The molecule has 3 heterocycles. The number of aromatic nitrogens is 5. The van der Waals surface area contributed by atoms with E-state index in [9.17, 15) is 0 Å². The maximum absolute atomic E-state index is 4.77. The van der Waals surface area contributed by atoms with Crippen molar-refractivity contribution in [3.8, 4) is 0 Å². The molecule has 0 radical (unpaired) electrons. The Labute approximate surface area is 181 Å². The summed E-state index contributed by atoms with van der Waals surface area (Å²) in [5.41, 5.74) is 0. The van der Waals surface area contributed by atoms with E-state index in [0.717, 1.165) is 68.4 Å². The molecule has 11 heteroatoms. The molecule has 1 aliphatic rings. The number of guanidine groups is 1. The lowest BCUT2D eigenvalue weighted by atomic mass is 10.3. The SMILES string of the molecule is CCNC(=NCc1nncn1CC)N1CCN(c2nc(CC)ns2)CC1.I. The van der Waals surface area contributed by atoms with E-state index >= 15 is 0 Å². The third-order valence-corrected chi connectivity index (χ3v) is 5.18. The zero-order valence-electron chi connectivity index (χ0n) is 16.1. The van der Waals surface area contributed by atoms with Crippen molar-refractivity contribution in [2.75, 3.05) is 37.6 Å². The lowest BCUT2D eigenvalue weighted by Crippen LogP contribution is -2.52. The highest BCUT2D eigenvalue weighted by Crippen LogP contribution is 2.19. The number of nitrogens with zero attached hydrogens (tertiary/aromatic N) is 8. The van der Waals surface area contributed by atoms with Gasteiger partial charge in [-0.25, -0.2) is 9.98 Å². The van der Waals surface area contributed by atoms with Crippen molar-refractivity contribution in [2.45, 2.75) is 40.3 Å². The van der Waals surface area contributed by atoms with Crippen LogP contribution in [-0.4, -0.2) is 67.7 Å². The van der Waals surface area contributed by atoms with Gasteiger partial charge in [0.2, 0.25) is 5.13 Å². The summed E-state index contributed by atoms with van der Waals surface area (Å²) in [7, 11) is 0. The first kappa shape index (κ1) is 21.8. The van der Waals surface area contributed by atoms with Crippen molar-refractivity contribution >= 4 is 46.6 Å². The van der Waals surface area contributed by atoms with Gasteiger partial charge in [0, 0.05) is 57.2 Å². The number of hydrogen-bond donors (Lipinski definition) is 1. The molecule has 0 amide bonds. The van der Waals surface area contributed by atoms with E-state index in [-0.39, 0.29) is 24.0 Å². The van der Waals surface area contributed by atoms with Crippen molar-refractivity contribution in [2.24, 2.45) is 4.99 Å². The largest absolute Gasteiger partial charge is 0.357 e. The third-order valence-electron chi connectivity index (χ3n) is 4.36. The van der Waals surface area contributed by atoms with Gasteiger partial charge in [0.15, 0.2) is 11.8 Å². The van der Waals surface area contributed by atoms with Crippen LogP contribution >= 0.6 is 35.5 Å². The first-order chi connectivity index (χ1) is 12.7. The first-order valence-electron chi connectivity index (χ1n) is 9.22. The van der Waals surface area contributed by atoms with Crippen molar-refractivity contribution in [1.82, 2.24) is 34.3 Å². The number of aryl methyl sites for hydroxylation is 2. The average Bonchev–Trinajstić information content (AvgIpc) is 3.34. The summed E-state index contributed by atoms with van der Waals surface area (Å²) >= 11 is 1.50. The smallest absolute Gasteiger partial charge is 0.205 e. The molecule has 1 aliphatic heterocycles. The third kappa shape index (κ3) is 5.50. The molecule has 2 aromatic rings. The lowest BCUT2D eigenvalue weighted by molar-refractivity contribution is 0.372. The molecule has 0 bridgehead atoms. The Hall–Kier alpha value is -1.50. The summed E-state index contributed by atoms with van der Waals surface area (Å²) in [5, 5.41) is 12.6. The standard InChI is InChI=1S/C16H27N9S.HI/c1-4-13-20-16(26-22-13)25-9-7-24(8-10-25)15(17-5-2)18-11-14-21-19-12-23(14)6-3;/h12H,4-11H2,1-3H3,(H,17,18);1H. The van der Waals surface area contributed by atoms with E-state index in [4.69, 9.17) is 4.99 Å². The van der Waals surface area contributed by atoms with Gasteiger partial charge in [-0.2, -0.15) is 4.37 Å². The minimum atomic E-state index is 0. The molecule has 0 unspecified atom stereocenters. The molecule has 3 rings (SSSR count). The van der Waals surface area contributed by atoms with Crippen LogP contribution in [-0.2, 0) is 19.5 Å². The summed E-state index contributed by atoms with van der Waals surface area (Å²) in [6.07, 6.45) is 2.64. The molecular weight excluding hydrogens is 477 g/mol. The summed E-state index contributed by atoms with van der Waals surface area (Å²) < 4.78 is 6.41. The van der Waals surface area contributed by atoms with E-state index in [0.29, 0.717) is 6.54 Å². The summed E-state index contributed by atoms with van der Waals surface area (Å²) in [6, 6.07) is 0. The van der Waals surface area contributed by atoms with Crippen LogP contribution in [0.5, 0.6) is 0 Å². The maximum atomic E-state index is 4.77. The molecule has 1 fully saturated rings. The normalized spacial score (nSPS) is 15.0. The van der Waals surface area contributed by atoms with Crippen molar-refractivity contribution in [3.05, 3.63) is 18.0 Å². The number of hydrogen-bond acceptors (Lipinski definition) is 7. The van der Waals surface area contributed by atoms with Crippen molar-refractivity contribution in [1.29, 1.82) is 0 Å². The van der Waals surface area contributed by atoms with Gasteiger partial charge in [0.1, 0.15) is 18.7 Å². The molecule has 1 N–H and O–H groups in total. The van der Waals surface area contributed by atoms with E-state index in [1.54, 1.807) is 6.33 Å². The van der Waals surface area contributed by atoms with Crippen molar-refractivity contribution < 1.29 is 0 Å². The molecule has 0 spiro atoms. The van der Waals surface area contributed by atoms with Crippen LogP contribution in [0.2, 0.25) is 0 Å². The van der Waals surface area contributed by atoms with E-state index < -0.39 is 0 Å². The summed E-state index contributed by atoms with van der Waals surface area (Å²) in [5.74, 6) is 2.76. The molecule has 9 nitrogen and oxygen atoms in total. The fraction of sp³-hybridized carbons (Fsp3) is 0.688. The first-order valence-corrected chi connectivity index (χ1v) is 9.99. The molecule has 0 aliphatic carbocycles. The van der Waals surface area contributed by atoms with Crippen LogP contribution in [0.25, 0.3) is 0 Å². The van der Waals surface area contributed by atoms with Crippen LogP contribution in [0.15, 0.2) is 11.3 Å². The Balaban J connectivity index is 0.00000261. The predicted molar refractivity (Wildman–Crippen MR) is 119 cm³/mol. The fourth-order valence-corrected chi connectivity index (χ4v) is 3.66. The lowest BCUT2D eigenvalue weighted by Gasteiger charge is -2.36. The van der Waals surface area contributed by atoms with Gasteiger partial charge in [0.05, 0.1) is 0 Å². The maximum Gasteiger partial charge on any atom is 0.205 e. The second-order valence-electron chi connectivity index (χ2n) is 6.02. The second-order valence-corrected chi connectivity index (χ2v) is 6.75. The van der Waals surface area contributed by atoms with Crippen LogP contribution in [0.4, 0.5) is 5.13 Å². The highest BCUT2D eigenvalue weighted by Gasteiger charge is 2.22. The summed E-state index contributed by atoms with van der Waals surface area (Å²) in [6.45, 7) is 12.2. The number of rotatable bonds is 6. The highest BCUT2D eigenvalue weighted by atomic mass is 127. The van der Waals surface area contributed by atoms with Crippen LogP contribution in [0, 0.1) is 0 Å². The average molecular weight is 505 g/mol. The summed E-state index contributed by atoms with van der Waals surface area (Å²) in [4.78, 5) is 14.0. The Morgan fingerprint density at radius 1 is 1.22 bits per heavy atom. The number of anilines is 1. The van der Waals surface area contributed by atoms with Gasteiger partial charge in [-0.3, -0.25) is 0 Å². The number of aliphatic imine (C=N–C) groups is 1. The van der Waals surface area contributed by atoms with Gasteiger partial charge in [-0.1, -0.05) is 6.92 Å². The minimum absolute atomic E-state index is 0. The quantitative estimate of drug-likeness (QED) is 0.363. The molecule has 2 aromatic heterocycles. The monoisotopic (exact) mass is 505 g/mol. The molecule has 0 aromatic carbocycles. The van der Waals surface area contributed by atoms with E-state index in [1.807, 2.05) is 4.57 Å². The Bertz CT molecular complexity index is 721. The van der Waals surface area contributed by atoms with Gasteiger partial charge >= 0.3 is 0 Å². The number of halogens is 1. The Kier molecular flexibility index (Phi) is 8.67. The van der Waals surface area contributed by atoms with Gasteiger partial charge in [0.25, 0.3) is 0 Å². The Morgan fingerprint density at radius 3 is 2.63 bits per heavy atom. The van der Waals surface area contributed by atoms with Gasteiger partial charge in [-0.05, 0) is 13.8 Å². The molecule has 1 saturated heterocycles. The zero-order valence-corrected chi connectivity index (χ0v) is 19.3. The zero-order chi connectivity index (χ0) is 18.4. The number of piperazine rings is 1. The molecular formula is C16H28IN9S. The molecule has 27 heavy (non-hydrogen) atoms. The number of nitrogens with one attached hydrogen (secondary N) is 1. The van der Waals surface area contributed by atoms with Crippen LogP contribution in [0.1, 0.15) is 32.4 Å². The second kappa shape index (κ2) is 10.7. The predicted octanol–water partition coefficient (Wildman–Crippen LogP) is 1.62. The highest BCUT2D eigenvalue weighted by molar-refractivity contribution is 14.0. The van der Waals surface area contributed by atoms with Gasteiger partial charge in [-0.15, -0.1) is 34.2 Å². The topological polar surface area (TPSA) is 87.4 Å². The van der Waals surface area contributed by atoms with E-state index in [2.05, 4.69) is 55.4 Å². The molecule has 150 valence electrons. The fourth-order valence-electron chi connectivity index (χ4n) is 2.86. The minimum Gasteiger partial charge on any atom is -0.357 e. The van der Waals surface area contributed by atoms with Crippen molar-refractivity contribution in [3.63, 3.8) is 0 Å². The van der Waals surface area contributed by atoms with Crippen LogP contribution < -0.4 is 10.2 Å².